The Balaban J connectivity index is 1.34. The molecule has 170 valence electrons. The van der Waals surface area contributed by atoms with Crippen LogP contribution in [0.15, 0.2) is 66.7 Å². The molecule has 4 rings (SSSR count). The first-order chi connectivity index (χ1) is 16.0. The SMILES string of the molecule is CCCCCc1ccc(C(=O)Oc2ccc(C(=O)OC3Cc4ccccc4C3)c(Cl)c2)cc1. The third-order valence-electron chi connectivity index (χ3n) is 5.92. The molecular weight excluding hydrogens is 436 g/mol. The molecule has 0 saturated carbocycles. The smallest absolute Gasteiger partial charge is 0.343 e. The second-order valence-corrected chi connectivity index (χ2v) is 8.80. The Morgan fingerprint density at radius 1 is 0.909 bits per heavy atom. The van der Waals surface area contributed by atoms with E-state index < -0.39 is 11.9 Å². The predicted octanol–water partition coefficient (Wildman–Crippen LogP) is 6.62. The molecule has 0 bridgehead atoms. The second kappa shape index (κ2) is 10.7. The number of carbonyl (C=O) groups is 2. The number of benzene rings is 3. The van der Waals surface area contributed by atoms with Crippen molar-refractivity contribution >= 4 is 23.5 Å². The van der Waals surface area contributed by atoms with Gasteiger partial charge in [-0.2, -0.15) is 0 Å². The van der Waals surface area contributed by atoms with E-state index in [-0.39, 0.29) is 22.4 Å². The Morgan fingerprint density at radius 3 is 2.24 bits per heavy atom. The van der Waals surface area contributed by atoms with Crippen molar-refractivity contribution < 1.29 is 19.1 Å². The molecule has 1 aliphatic rings. The van der Waals surface area contributed by atoms with Crippen LogP contribution in [0.4, 0.5) is 0 Å². The topological polar surface area (TPSA) is 52.6 Å². The van der Waals surface area contributed by atoms with Crippen LogP contribution in [0.2, 0.25) is 5.02 Å². The zero-order chi connectivity index (χ0) is 23.2. The quantitative estimate of drug-likeness (QED) is 0.214. The number of esters is 2. The molecule has 0 unspecified atom stereocenters. The van der Waals surface area contributed by atoms with E-state index in [0.29, 0.717) is 18.4 Å². The Kier molecular flexibility index (Phi) is 7.46. The molecule has 0 spiro atoms. The Hall–Kier alpha value is -3.11. The first kappa shape index (κ1) is 23.1. The van der Waals surface area contributed by atoms with E-state index in [1.165, 1.54) is 41.7 Å². The molecule has 0 N–H and O–H groups in total. The molecule has 5 heteroatoms. The third-order valence-corrected chi connectivity index (χ3v) is 6.23. The molecule has 0 radical (unpaired) electrons. The summed E-state index contributed by atoms with van der Waals surface area (Å²) in [6, 6.07) is 20.1. The molecule has 4 nitrogen and oxygen atoms in total. The summed E-state index contributed by atoms with van der Waals surface area (Å²) in [7, 11) is 0. The van der Waals surface area contributed by atoms with Crippen molar-refractivity contribution in [3.63, 3.8) is 0 Å². The van der Waals surface area contributed by atoms with Gasteiger partial charge in [-0.3, -0.25) is 0 Å². The fraction of sp³-hybridized carbons (Fsp3) is 0.286. The molecule has 0 amide bonds. The number of unbranched alkanes of at least 4 members (excludes halogenated alkanes) is 2. The number of rotatable bonds is 8. The fourth-order valence-electron chi connectivity index (χ4n) is 4.09. The largest absolute Gasteiger partial charge is 0.458 e. The first-order valence-corrected chi connectivity index (χ1v) is 11.8. The lowest BCUT2D eigenvalue weighted by atomic mass is 10.1. The van der Waals surface area contributed by atoms with Crippen molar-refractivity contribution in [2.24, 2.45) is 0 Å². The van der Waals surface area contributed by atoms with E-state index in [4.69, 9.17) is 21.1 Å². The molecule has 0 saturated heterocycles. The van der Waals surface area contributed by atoms with Crippen LogP contribution in [-0.2, 0) is 24.0 Å². The van der Waals surface area contributed by atoms with E-state index >= 15 is 0 Å². The maximum absolute atomic E-state index is 12.6. The predicted molar refractivity (Wildman–Crippen MR) is 129 cm³/mol. The number of halogens is 1. The number of ether oxygens (including phenoxy) is 2. The molecule has 0 heterocycles. The highest BCUT2D eigenvalue weighted by atomic mass is 35.5. The lowest BCUT2D eigenvalue weighted by molar-refractivity contribution is 0.0325. The molecule has 3 aromatic rings. The lowest BCUT2D eigenvalue weighted by Crippen LogP contribution is -2.18. The minimum absolute atomic E-state index is 0.187. The van der Waals surface area contributed by atoms with Gasteiger partial charge in [0.05, 0.1) is 16.1 Å². The van der Waals surface area contributed by atoms with Gasteiger partial charge in [-0.1, -0.05) is 67.8 Å². The van der Waals surface area contributed by atoms with E-state index in [1.54, 1.807) is 18.2 Å². The van der Waals surface area contributed by atoms with E-state index in [0.717, 1.165) is 12.8 Å². The van der Waals surface area contributed by atoms with Gasteiger partial charge in [0.2, 0.25) is 0 Å². The van der Waals surface area contributed by atoms with Gasteiger partial charge < -0.3 is 9.47 Å². The van der Waals surface area contributed by atoms with Crippen LogP contribution >= 0.6 is 11.6 Å². The first-order valence-electron chi connectivity index (χ1n) is 11.4. The molecule has 1 aliphatic carbocycles. The minimum atomic E-state index is -0.477. The molecule has 3 aromatic carbocycles. The highest BCUT2D eigenvalue weighted by Crippen LogP contribution is 2.28. The summed E-state index contributed by atoms with van der Waals surface area (Å²) in [5, 5.41) is 0.187. The number of carbonyl (C=O) groups excluding carboxylic acids is 2. The zero-order valence-corrected chi connectivity index (χ0v) is 19.4. The van der Waals surface area contributed by atoms with Gasteiger partial charge in [-0.15, -0.1) is 0 Å². The Bertz CT molecular complexity index is 1110. The van der Waals surface area contributed by atoms with Crippen molar-refractivity contribution in [3.05, 3.63) is 99.6 Å². The van der Waals surface area contributed by atoms with Crippen molar-refractivity contribution in [2.45, 2.75) is 51.6 Å². The summed E-state index contributed by atoms with van der Waals surface area (Å²) < 4.78 is 11.1. The Morgan fingerprint density at radius 2 is 1.61 bits per heavy atom. The van der Waals surface area contributed by atoms with Crippen LogP contribution in [0.1, 0.15) is 63.6 Å². The number of aryl methyl sites for hydroxylation is 1. The number of hydrogen-bond donors (Lipinski definition) is 0. The maximum Gasteiger partial charge on any atom is 0.343 e. The van der Waals surface area contributed by atoms with Gasteiger partial charge in [0.25, 0.3) is 0 Å². The van der Waals surface area contributed by atoms with E-state index in [2.05, 4.69) is 19.1 Å². The van der Waals surface area contributed by atoms with Crippen LogP contribution in [0.25, 0.3) is 0 Å². The molecule has 0 fully saturated rings. The summed E-state index contributed by atoms with van der Waals surface area (Å²) in [5.74, 6) is -0.665. The summed E-state index contributed by atoms with van der Waals surface area (Å²) in [5.41, 5.74) is 4.34. The van der Waals surface area contributed by atoms with Gasteiger partial charge in [-0.05, 0) is 53.8 Å². The van der Waals surface area contributed by atoms with Crippen LogP contribution in [0, 0.1) is 0 Å². The Labute approximate surface area is 199 Å². The maximum atomic E-state index is 12.6. The second-order valence-electron chi connectivity index (χ2n) is 8.39. The number of hydrogen-bond acceptors (Lipinski definition) is 4. The highest BCUT2D eigenvalue weighted by Gasteiger charge is 2.25. The molecule has 0 aromatic heterocycles. The van der Waals surface area contributed by atoms with Crippen LogP contribution < -0.4 is 4.74 Å². The average molecular weight is 463 g/mol. The molecule has 33 heavy (non-hydrogen) atoms. The number of fused-ring (bicyclic) bond motifs is 1. The van der Waals surface area contributed by atoms with Crippen molar-refractivity contribution in [3.8, 4) is 5.75 Å². The summed E-state index contributed by atoms with van der Waals surface area (Å²) in [4.78, 5) is 25.1. The van der Waals surface area contributed by atoms with Gasteiger partial charge in [-0.25, -0.2) is 9.59 Å². The van der Waals surface area contributed by atoms with Crippen molar-refractivity contribution in [1.82, 2.24) is 0 Å². The van der Waals surface area contributed by atoms with Gasteiger partial charge in [0.1, 0.15) is 11.9 Å². The van der Waals surface area contributed by atoms with Crippen LogP contribution in [-0.4, -0.2) is 18.0 Å². The standard InChI is InChI=1S/C28H27ClO4/c1-2-3-4-7-19-10-12-20(13-11-19)27(30)32-23-14-15-25(26(29)18-23)28(31)33-24-16-21-8-5-6-9-22(21)17-24/h5-6,8-15,18,24H,2-4,7,16-17H2,1H3. The summed E-state index contributed by atoms with van der Waals surface area (Å²) in [6.07, 6.45) is 5.72. The van der Waals surface area contributed by atoms with Gasteiger partial charge >= 0.3 is 11.9 Å². The van der Waals surface area contributed by atoms with Crippen molar-refractivity contribution in [1.29, 1.82) is 0 Å². The van der Waals surface area contributed by atoms with E-state index in [9.17, 15) is 9.59 Å². The minimum Gasteiger partial charge on any atom is -0.458 e. The molecule has 0 atom stereocenters. The van der Waals surface area contributed by atoms with Gasteiger partial charge in [0, 0.05) is 18.9 Å². The zero-order valence-electron chi connectivity index (χ0n) is 18.7. The van der Waals surface area contributed by atoms with E-state index in [1.807, 2.05) is 24.3 Å². The average Bonchev–Trinajstić information content (AvgIpc) is 3.22. The monoisotopic (exact) mass is 462 g/mol. The van der Waals surface area contributed by atoms with Crippen molar-refractivity contribution in [2.75, 3.05) is 0 Å². The third kappa shape index (κ3) is 5.82. The van der Waals surface area contributed by atoms with Crippen LogP contribution in [0.5, 0.6) is 5.75 Å². The normalized spacial score (nSPS) is 12.9. The van der Waals surface area contributed by atoms with Crippen LogP contribution in [0.3, 0.4) is 0 Å². The fourth-order valence-corrected chi connectivity index (χ4v) is 4.34. The lowest BCUT2D eigenvalue weighted by Gasteiger charge is -2.13. The van der Waals surface area contributed by atoms with Gasteiger partial charge in [0.15, 0.2) is 0 Å². The summed E-state index contributed by atoms with van der Waals surface area (Å²) >= 11 is 6.32. The summed E-state index contributed by atoms with van der Waals surface area (Å²) in [6.45, 7) is 2.18. The highest BCUT2D eigenvalue weighted by molar-refractivity contribution is 6.33. The molecular formula is C28H27ClO4. The molecule has 0 aliphatic heterocycles.